The first-order valence-corrected chi connectivity index (χ1v) is 16.7. The van der Waals surface area contributed by atoms with Crippen molar-refractivity contribution < 1.29 is 19.1 Å². The van der Waals surface area contributed by atoms with Crippen LogP contribution >= 0.6 is 0 Å². The van der Waals surface area contributed by atoms with Gasteiger partial charge in [0.15, 0.2) is 0 Å². The number of aromatic nitrogens is 2. The molecule has 0 bridgehead atoms. The number of fused-ring (bicyclic) bond motifs is 2. The molecule has 1 aromatic carbocycles. The minimum atomic E-state index is -1.16. The van der Waals surface area contributed by atoms with Crippen LogP contribution in [0, 0.1) is 17.8 Å². The third-order valence-corrected chi connectivity index (χ3v) is 8.75. The number of para-hydroxylation sites is 1. The smallest absolute Gasteiger partial charge is 0.410 e. The molecule has 1 aliphatic heterocycles. The van der Waals surface area contributed by atoms with Gasteiger partial charge in [-0.2, -0.15) is 5.10 Å². The fourth-order valence-corrected chi connectivity index (χ4v) is 5.81. The zero-order valence-corrected chi connectivity index (χ0v) is 24.1. The molecular formula is C27H42N4O4Si. The summed E-state index contributed by atoms with van der Waals surface area (Å²) in [5.41, 5.74) is 0.665. The molecule has 0 spiro atoms. The van der Waals surface area contributed by atoms with Crippen molar-refractivity contribution in [1.82, 2.24) is 20.0 Å². The second kappa shape index (κ2) is 9.48. The Hall–Kier alpha value is -2.39. The van der Waals surface area contributed by atoms with Gasteiger partial charge in [-0.1, -0.05) is 37.8 Å². The van der Waals surface area contributed by atoms with Crippen LogP contribution in [-0.2, 0) is 26.5 Å². The van der Waals surface area contributed by atoms with Gasteiger partial charge < -0.3 is 19.7 Å². The third kappa shape index (κ3) is 5.94. The van der Waals surface area contributed by atoms with Crippen molar-refractivity contribution >= 4 is 31.0 Å². The number of ether oxygens (including phenoxy) is 2. The number of hydrogen-bond acceptors (Lipinski definition) is 5. The van der Waals surface area contributed by atoms with Gasteiger partial charge in [0.1, 0.15) is 12.3 Å². The molecule has 2 fully saturated rings. The molecule has 8 nitrogen and oxygen atoms in total. The molecule has 1 unspecified atom stereocenters. The standard InChI is InChI=1S/C27H42N4O4Si/c1-26(2,3)35-25(33)30-15-19-20(16-30)22(19)24(32)28-27(4,5)23-18-11-9-10-12-21(18)31(29-23)17-34-13-14-36(6,7)8/h9-12,19-20,22H,13-17H2,1-8H3,(H,28,32)/t19-,20+,22?. The van der Waals surface area contributed by atoms with Gasteiger partial charge in [0, 0.05) is 39.1 Å². The second-order valence-corrected chi connectivity index (χ2v) is 18.7. The summed E-state index contributed by atoms with van der Waals surface area (Å²) in [5.74, 6) is 0.356. The van der Waals surface area contributed by atoms with Gasteiger partial charge in [0.25, 0.3) is 0 Å². The Morgan fingerprint density at radius 1 is 1.08 bits per heavy atom. The van der Waals surface area contributed by atoms with Gasteiger partial charge in [0.05, 0.1) is 16.7 Å². The van der Waals surface area contributed by atoms with E-state index in [-0.39, 0.29) is 29.8 Å². The van der Waals surface area contributed by atoms with Crippen molar-refractivity contribution in [2.75, 3.05) is 19.7 Å². The minimum Gasteiger partial charge on any atom is -0.444 e. The fourth-order valence-electron chi connectivity index (χ4n) is 5.06. The number of benzene rings is 1. The highest BCUT2D eigenvalue weighted by Gasteiger charge is 2.61. The van der Waals surface area contributed by atoms with E-state index in [0.717, 1.165) is 29.2 Å². The first-order valence-electron chi connectivity index (χ1n) is 13.0. The van der Waals surface area contributed by atoms with Crippen molar-refractivity contribution in [2.45, 2.75) is 78.2 Å². The summed E-state index contributed by atoms with van der Waals surface area (Å²) in [6, 6.07) is 9.20. The molecule has 198 valence electrons. The van der Waals surface area contributed by atoms with E-state index in [1.165, 1.54) is 0 Å². The summed E-state index contributed by atoms with van der Waals surface area (Å²) in [4.78, 5) is 27.4. The topological polar surface area (TPSA) is 85.7 Å². The number of likely N-dealkylation sites (tertiary alicyclic amines) is 1. The number of hydrogen-bond donors (Lipinski definition) is 1. The summed E-state index contributed by atoms with van der Waals surface area (Å²) in [6.45, 7) is 18.9. The Balaban J connectivity index is 1.39. The van der Waals surface area contributed by atoms with E-state index < -0.39 is 19.2 Å². The van der Waals surface area contributed by atoms with Crippen LogP contribution in [0.4, 0.5) is 4.79 Å². The van der Waals surface area contributed by atoms with E-state index in [1.807, 2.05) is 57.5 Å². The number of nitrogens with zero attached hydrogens (tertiary/aromatic N) is 3. The Morgan fingerprint density at radius 2 is 1.72 bits per heavy atom. The Labute approximate surface area is 215 Å². The lowest BCUT2D eigenvalue weighted by Gasteiger charge is -2.27. The molecule has 1 N–H and O–H groups in total. The molecule has 1 saturated heterocycles. The predicted octanol–water partition coefficient (Wildman–Crippen LogP) is 4.81. The summed E-state index contributed by atoms with van der Waals surface area (Å²) in [5, 5.41) is 9.16. The quantitative estimate of drug-likeness (QED) is 0.403. The molecule has 2 aromatic rings. The summed E-state index contributed by atoms with van der Waals surface area (Å²) in [7, 11) is -1.16. The molecule has 2 aliphatic rings. The molecule has 1 saturated carbocycles. The molecule has 1 aromatic heterocycles. The summed E-state index contributed by atoms with van der Waals surface area (Å²) in [6.07, 6.45) is -0.293. The normalized spacial score (nSPS) is 22.0. The monoisotopic (exact) mass is 514 g/mol. The number of carbonyl (C=O) groups excluding carboxylic acids is 2. The van der Waals surface area contributed by atoms with Gasteiger partial charge >= 0.3 is 6.09 Å². The molecule has 4 rings (SSSR count). The fraction of sp³-hybridized carbons (Fsp3) is 0.667. The van der Waals surface area contributed by atoms with Crippen molar-refractivity contribution in [2.24, 2.45) is 17.8 Å². The SMILES string of the molecule is CC(C)(C)OC(=O)N1C[C@@H]2C(C(=O)NC(C)(C)c3nn(COCC[Si](C)(C)C)c4ccccc34)[C@@H]2C1. The first kappa shape index (κ1) is 26.7. The largest absolute Gasteiger partial charge is 0.444 e. The van der Waals surface area contributed by atoms with Crippen LogP contribution in [0.15, 0.2) is 24.3 Å². The number of piperidine rings is 1. The van der Waals surface area contributed by atoms with Gasteiger partial charge in [-0.3, -0.25) is 4.79 Å². The lowest BCUT2D eigenvalue weighted by molar-refractivity contribution is -0.125. The van der Waals surface area contributed by atoms with Crippen LogP contribution < -0.4 is 5.32 Å². The maximum absolute atomic E-state index is 13.3. The van der Waals surface area contributed by atoms with Crippen LogP contribution in [-0.4, -0.2) is 60.1 Å². The van der Waals surface area contributed by atoms with E-state index in [1.54, 1.807) is 4.90 Å². The molecule has 2 amide bonds. The van der Waals surface area contributed by atoms with E-state index in [4.69, 9.17) is 14.6 Å². The summed E-state index contributed by atoms with van der Waals surface area (Å²) < 4.78 is 13.4. The minimum absolute atomic E-state index is 0.0313. The van der Waals surface area contributed by atoms with Crippen LogP contribution in [0.2, 0.25) is 25.7 Å². The summed E-state index contributed by atoms with van der Waals surface area (Å²) >= 11 is 0. The molecular weight excluding hydrogens is 472 g/mol. The van der Waals surface area contributed by atoms with Gasteiger partial charge in [0.2, 0.25) is 5.91 Å². The molecule has 36 heavy (non-hydrogen) atoms. The van der Waals surface area contributed by atoms with Crippen LogP contribution in [0.1, 0.15) is 40.3 Å². The Bertz CT molecular complexity index is 1120. The number of rotatable bonds is 8. The molecule has 2 heterocycles. The lowest BCUT2D eigenvalue weighted by Crippen LogP contribution is -2.44. The number of nitrogens with one attached hydrogen (secondary N) is 1. The van der Waals surface area contributed by atoms with Gasteiger partial charge in [-0.05, 0) is 58.6 Å². The number of amides is 2. The number of carbonyl (C=O) groups is 2. The van der Waals surface area contributed by atoms with E-state index in [2.05, 4.69) is 31.0 Å². The van der Waals surface area contributed by atoms with Crippen LogP contribution in [0.5, 0.6) is 0 Å². The van der Waals surface area contributed by atoms with Crippen LogP contribution in [0.25, 0.3) is 10.9 Å². The molecule has 0 radical (unpaired) electrons. The predicted molar refractivity (Wildman–Crippen MR) is 143 cm³/mol. The average Bonchev–Trinajstić information content (AvgIpc) is 3.07. The zero-order valence-electron chi connectivity index (χ0n) is 23.1. The highest BCUT2D eigenvalue weighted by atomic mass is 28.3. The van der Waals surface area contributed by atoms with Crippen molar-refractivity contribution in [3.8, 4) is 0 Å². The van der Waals surface area contributed by atoms with E-state index >= 15 is 0 Å². The second-order valence-electron chi connectivity index (χ2n) is 13.1. The average molecular weight is 515 g/mol. The van der Waals surface area contributed by atoms with Gasteiger partial charge in [-0.15, -0.1) is 0 Å². The zero-order chi connectivity index (χ0) is 26.5. The molecule has 3 atom stereocenters. The van der Waals surface area contributed by atoms with Gasteiger partial charge in [-0.25, -0.2) is 9.48 Å². The van der Waals surface area contributed by atoms with Crippen molar-refractivity contribution in [1.29, 1.82) is 0 Å². The first-order chi connectivity index (χ1) is 16.7. The van der Waals surface area contributed by atoms with Crippen molar-refractivity contribution in [3.05, 3.63) is 30.0 Å². The maximum atomic E-state index is 13.3. The Kier molecular flexibility index (Phi) is 7.02. The highest BCUT2D eigenvalue weighted by Crippen LogP contribution is 2.52. The van der Waals surface area contributed by atoms with E-state index in [9.17, 15) is 9.59 Å². The highest BCUT2D eigenvalue weighted by molar-refractivity contribution is 6.76. The Morgan fingerprint density at radius 3 is 2.33 bits per heavy atom. The maximum Gasteiger partial charge on any atom is 0.410 e. The van der Waals surface area contributed by atoms with Crippen LogP contribution in [0.3, 0.4) is 0 Å². The molecule has 9 heteroatoms. The third-order valence-electron chi connectivity index (χ3n) is 7.04. The molecule has 1 aliphatic carbocycles. The lowest BCUT2D eigenvalue weighted by atomic mass is 9.96. The van der Waals surface area contributed by atoms with E-state index in [0.29, 0.717) is 19.8 Å². The van der Waals surface area contributed by atoms with Crippen molar-refractivity contribution in [3.63, 3.8) is 0 Å².